The van der Waals surface area contributed by atoms with Crippen molar-refractivity contribution in [1.29, 1.82) is 0 Å². The molecule has 0 radical (unpaired) electrons. The van der Waals surface area contributed by atoms with E-state index in [2.05, 4.69) is 5.32 Å². The minimum Gasteiger partial charge on any atom is -0.480 e. The number of aliphatic hydroxyl groups excluding tert-OH is 1. The Morgan fingerprint density at radius 1 is 1.44 bits per heavy atom. The van der Waals surface area contributed by atoms with Crippen LogP contribution in [0.25, 0.3) is 0 Å². The number of primary amides is 1. The number of rotatable bonds is 5. The Hall–Kier alpha value is -1.83. The van der Waals surface area contributed by atoms with Crippen molar-refractivity contribution in [2.45, 2.75) is 31.4 Å². The minimum atomic E-state index is -1.22. The summed E-state index contributed by atoms with van der Waals surface area (Å²) in [6.45, 7) is 0.573. The van der Waals surface area contributed by atoms with E-state index in [1.807, 2.05) is 0 Å². The zero-order valence-corrected chi connectivity index (χ0v) is 9.83. The number of carbonyl (C=O) groups excluding carboxylic acids is 2. The van der Waals surface area contributed by atoms with Crippen molar-refractivity contribution in [2.75, 3.05) is 13.1 Å². The molecule has 0 aromatic carbocycles. The first-order valence-electron chi connectivity index (χ1n) is 5.64. The summed E-state index contributed by atoms with van der Waals surface area (Å²) in [5.41, 5.74) is 4.92. The number of nitrogens with zero attached hydrogens (tertiary/aromatic N) is 1. The lowest BCUT2D eigenvalue weighted by atomic mass is 10.1. The number of urea groups is 1. The number of β-amino-alcohol motifs (C(OH)–C–C–N with tert-alkyl or cyclic N) is 1. The monoisotopic (exact) mass is 259 g/mol. The van der Waals surface area contributed by atoms with Crippen molar-refractivity contribution in [3.63, 3.8) is 0 Å². The second-order valence-electron chi connectivity index (χ2n) is 4.23. The predicted octanol–water partition coefficient (Wildman–Crippen LogP) is -1.52. The van der Waals surface area contributed by atoms with Crippen molar-refractivity contribution < 1.29 is 24.6 Å². The summed E-state index contributed by atoms with van der Waals surface area (Å²) in [4.78, 5) is 34.5. The molecule has 102 valence electrons. The Balaban J connectivity index is 2.47. The van der Waals surface area contributed by atoms with Gasteiger partial charge in [0.05, 0.1) is 6.10 Å². The number of likely N-dealkylation sites (tertiary alicyclic amines) is 1. The molecule has 8 nitrogen and oxygen atoms in total. The van der Waals surface area contributed by atoms with Gasteiger partial charge >= 0.3 is 12.0 Å². The number of amides is 3. The molecule has 8 heteroatoms. The molecule has 2 atom stereocenters. The van der Waals surface area contributed by atoms with Crippen LogP contribution < -0.4 is 11.1 Å². The number of carboxylic acid groups (broad SMARTS) is 1. The van der Waals surface area contributed by atoms with E-state index < -0.39 is 30.1 Å². The molecule has 1 heterocycles. The molecule has 3 amide bonds. The van der Waals surface area contributed by atoms with Crippen LogP contribution in [0.15, 0.2) is 0 Å². The van der Waals surface area contributed by atoms with Gasteiger partial charge in [0.15, 0.2) is 0 Å². The molecule has 5 N–H and O–H groups in total. The molecule has 0 saturated carbocycles. The second-order valence-corrected chi connectivity index (χ2v) is 4.23. The van der Waals surface area contributed by atoms with Gasteiger partial charge < -0.3 is 26.2 Å². The number of hydrogen-bond acceptors (Lipinski definition) is 4. The van der Waals surface area contributed by atoms with Gasteiger partial charge in [-0.1, -0.05) is 0 Å². The third-order valence-corrected chi connectivity index (χ3v) is 2.73. The van der Waals surface area contributed by atoms with Gasteiger partial charge in [-0.15, -0.1) is 0 Å². The number of hydrogen-bond donors (Lipinski definition) is 4. The van der Waals surface area contributed by atoms with Crippen LogP contribution in [0.4, 0.5) is 4.79 Å². The van der Waals surface area contributed by atoms with Gasteiger partial charge in [0.2, 0.25) is 5.91 Å². The molecule has 0 spiro atoms. The van der Waals surface area contributed by atoms with Crippen LogP contribution >= 0.6 is 0 Å². The van der Waals surface area contributed by atoms with Gasteiger partial charge in [-0.05, 0) is 12.8 Å². The first kappa shape index (κ1) is 14.2. The number of carbonyl (C=O) groups is 3. The van der Waals surface area contributed by atoms with Gasteiger partial charge in [-0.25, -0.2) is 9.59 Å². The van der Waals surface area contributed by atoms with Crippen molar-refractivity contribution >= 4 is 17.9 Å². The zero-order valence-electron chi connectivity index (χ0n) is 9.83. The molecule has 1 saturated heterocycles. The number of aliphatic hydroxyl groups is 1. The Morgan fingerprint density at radius 2 is 2.11 bits per heavy atom. The van der Waals surface area contributed by atoms with E-state index in [1.54, 1.807) is 0 Å². The molecule has 0 aromatic rings. The van der Waals surface area contributed by atoms with Gasteiger partial charge in [0.25, 0.3) is 0 Å². The van der Waals surface area contributed by atoms with E-state index in [0.717, 1.165) is 0 Å². The van der Waals surface area contributed by atoms with Crippen LogP contribution in [-0.2, 0) is 9.59 Å². The highest BCUT2D eigenvalue weighted by atomic mass is 16.4. The van der Waals surface area contributed by atoms with Crippen molar-refractivity contribution in [1.82, 2.24) is 10.2 Å². The Morgan fingerprint density at radius 3 is 2.56 bits per heavy atom. The van der Waals surface area contributed by atoms with Gasteiger partial charge in [-0.2, -0.15) is 0 Å². The Kier molecular flexibility index (Phi) is 4.90. The molecule has 0 aliphatic carbocycles. The van der Waals surface area contributed by atoms with Crippen molar-refractivity contribution in [3.8, 4) is 0 Å². The van der Waals surface area contributed by atoms with E-state index in [4.69, 9.17) is 10.8 Å². The van der Waals surface area contributed by atoms with Crippen LogP contribution in [-0.4, -0.2) is 58.3 Å². The van der Waals surface area contributed by atoms with E-state index in [0.29, 0.717) is 13.0 Å². The first-order valence-corrected chi connectivity index (χ1v) is 5.64. The lowest BCUT2D eigenvalue weighted by molar-refractivity contribution is -0.139. The fourth-order valence-corrected chi connectivity index (χ4v) is 1.71. The smallest absolute Gasteiger partial charge is 0.326 e. The minimum absolute atomic E-state index is 0.0488. The van der Waals surface area contributed by atoms with Crippen LogP contribution in [0.5, 0.6) is 0 Å². The summed E-state index contributed by atoms with van der Waals surface area (Å²) >= 11 is 0. The maximum absolute atomic E-state index is 11.7. The Bertz CT molecular complexity index is 346. The fourth-order valence-electron chi connectivity index (χ4n) is 1.71. The lowest BCUT2D eigenvalue weighted by Gasteiger charge is -2.20. The molecule has 1 aliphatic rings. The molecule has 2 unspecified atom stereocenters. The number of nitrogens with one attached hydrogen (secondary N) is 1. The number of aliphatic carboxylic acids is 1. The summed E-state index contributed by atoms with van der Waals surface area (Å²) in [5, 5.41) is 20.5. The van der Waals surface area contributed by atoms with E-state index in [1.165, 1.54) is 4.90 Å². The zero-order chi connectivity index (χ0) is 13.7. The van der Waals surface area contributed by atoms with Gasteiger partial charge in [0, 0.05) is 19.5 Å². The highest BCUT2D eigenvalue weighted by molar-refractivity contribution is 5.83. The van der Waals surface area contributed by atoms with E-state index >= 15 is 0 Å². The summed E-state index contributed by atoms with van der Waals surface area (Å²) in [6, 6.07) is -1.70. The van der Waals surface area contributed by atoms with Crippen molar-refractivity contribution in [2.24, 2.45) is 5.73 Å². The maximum atomic E-state index is 11.7. The lowest BCUT2D eigenvalue weighted by Crippen LogP contribution is -2.47. The molecule has 0 aromatic heterocycles. The normalized spacial score (nSPS) is 20.5. The quantitative estimate of drug-likeness (QED) is 0.476. The highest BCUT2D eigenvalue weighted by Gasteiger charge is 2.28. The third-order valence-electron chi connectivity index (χ3n) is 2.73. The fraction of sp³-hybridized carbons (Fsp3) is 0.700. The average molecular weight is 259 g/mol. The van der Waals surface area contributed by atoms with Crippen LogP contribution in [0.1, 0.15) is 19.3 Å². The van der Waals surface area contributed by atoms with Crippen LogP contribution in [0, 0.1) is 0 Å². The molecule has 1 rings (SSSR count). The summed E-state index contributed by atoms with van der Waals surface area (Å²) < 4.78 is 0. The number of carboxylic acids is 1. The summed E-state index contributed by atoms with van der Waals surface area (Å²) in [7, 11) is 0. The molecular weight excluding hydrogens is 242 g/mol. The maximum Gasteiger partial charge on any atom is 0.326 e. The predicted molar refractivity (Wildman–Crippen MR) is 60.6 cm³/mol. The largest absolute Gasteiger partial charge is 0.480 e. The average Bonchev–Trinajstić information content (AvgIpc) is 2.70. The first-order chi connectivity index (χ1) is 8.40. The standard InChI is InChI=1S/C10H17N3O5/c11-8(15)2-1-7(9(16)17)12-10(18)13-4-3-6(14)5-13/h6-7,14H,1-5H2,(H2,11,15)(H,12,18)(H,16,17). The Labute approximate surface area is 104 Å². The van der Waals surface area contributed by atoms with Gasteiger partial charge in [0.1, 0.15) is 6.04 Å². The van der Waals surface area contributed by atoms with E-state index in [-0.39, 0.29) is 19.4 Å². The van der Waals surface area contributed by atoms with Crippen LogP contribution in [0.2, 0.25) is 0 Å². The molecule has 1 aliphatic heterocycles. The highest BCUT2D eigenvalue weighted by Crippen LogP contribution is 2.09. The third kappa shape index (κ3) is 4.21. The van der Waals surface area contributed by atoms with E-state index in [9.17, 15) is 19.5 Å². The van der Waals surface area contributed by atoms with Gasteiger partial charge in [-0.3, -0.25) is 4.79 Å². The topological polar surface area (TPSA) is 133 Å². The SMILES string of the molecule is NC(=O)CCC(NC(=O)N1CCC(O)C1)C(=O)O. The summed E-state index contributed by atoms with van der Waals surface area (Å²) in [6.07, 6.45) is -0.247. The summed E-state index contributed by atoms with van der Waals surface area (Å²) in [5.74, 6) is -1.84. The van der Waals surface area contributed by atoms with Crippen molar-refractivity contribution in [3.05, 3.63) is 0 Å². The molecule has 18 heavy (non-hydrogen) atoms. The number of nitrogens with two attached hydrogens (primary N) is 1. The second kappa shape index (κ2) is 6.20. The van der Waals surface area contributed by atoms with Crippen LogP contribution in [0.3, 0.4) is 0 Å². The molecular formula is C10H17N3O5. The molecule has 1 fully saturated rings. The molecule has 0 bridgehead atoms.